The lowest BCUT2D eigenvalue weighted by Gasteiger charge is -2.08. The summed E-state index contributed by atoms with van der Waals surface area (Å²) in [5.74, 6) is -0.0281. The minimum absolute atomic E-state index is 0.314. The summed E-state index contributed by atoms with van der Waals surface area (Å²) in [6, 6.07) is 13.8. The molecule has 0 unspecified atom stereocenters. The molecule has 0 aliphatic carbocycles. The van der Waals surface area contributed by atoms with E-state index in [1.807, 2.05) is 6.07 Å². The Morgan fingerprint density at radius 2 is 1.19 bits per heavy atom. The number of benzene rings is 2. The minimum atomic E-state index is -0.342. The second-order valence-corrected chi connectivity index (χ2v) is 11.1. The second kappa shape index (κ2) is 17.3. The molecule has 0 saturated carbocycles. The van der Waals surface area contributed by atoms with Gasteiger partial charge in [0.15, 0.2) is 11.6 Å². The normalized spacial score (nSPS) is 11.2. The monoisotopic (exact) mass is 524 g/mol. The summed E-state index contributed by atoms with van der Waals surface area (Å²) in [5, 5.41) is 10.3. The zero-order valence-electron chi connectivity index (χ0n) is 22.9. The van der Waals surface area contributed by atoms with Crippen molar-refractivity contribution in [2.45, 2.75) is 110 Å². The molecular weight excluding hydrogens is 479 g/mol. The highest BCUT2D eigenvalue weighted by Crippen LogP contribution is 2.32. The molecule has 3 aromatic rings. The van der Waals surface area contributed by atoms with Crippen LogP contribution >= 0.6 is 11.3 Å². The lowest BCUT2D eigenvalue weighted by Crippen LogP contribution is -1.99. The van der Waals surface area contributed by atoms with Crippen molar-refractivity contribution >= 4 is 11.3 Å². The number of hydrogen-bond donors (Lipinski definition) is 0. The molecule has 0 fully saturated rings. The Balaban J connectivity index is 1.43. The number of aromatic nitrogens is 2. The van der Waals surface area contributed by atoms with Gasteiger partial charge in [0.25, 0.3) is 0 Å². The summed E-state index contributed by atoms with van der Waals surface area (Å²) in [6.07, 6.45) is 19.0. The maximum absolute atomic E-state index is 14.6. The summed E-state index contributed by atoms with van der Waals surface area (Å²) in [4.78, 5) is 0. The molecule has 0 bridgehead atoms. The van der Waals surface area contributed by atoms with E-state index in [9.17, 15) is 4.39 Å². The van der Waals surface area contributed by atoms with E-state index in [0.29, 0.717) is 12.4 Å². The molecule has 0 radical (unpaired) electrons. The van der Waals surface area contributed by atoms with Crippen LogP contribution in [0.3, 0.4) is 0 Å². The van der Waals surface area contributed by atoms with Crippen LogP contribution in [0.15, 0.2) is 42.5 Å². The van der Waals surface area contributed by atoms with Crippen molar-refractivity contribution in [2.24, 2.45) is 0 Å². The highest BCUT2D eigenvalue weighted by molar-refractivity contribution is 7.17. The van der Waals surface area contributed by atoms with Crippen molar-refractivity contribution in [2.75, 3.05) is 6.61 Å². The van der Waals surface area contributed by atoms with Gasteiger partial charge in [-0.05, 0) is 43.0 Å². The van der Waals surface area contributed by atoms with Crippen LogP contribution in [0.1, 0.15) is 109 Å². The fourth-order valence-corrected chi connectivity index (χ4v) is 5.39. The van der Waals surface area contributed by atoms with Gasteiger partial charge in [0.1, 0.15) is 10.0 Å². The van der Waals surface area contributed by atoms with Gasteiger partial charge in [0.05, 0.1) is 6.61 Å². The SMILES string of the molecule is CCCCCCCCCCc1ccc(-c2nnc(-c3ccc(OCCCCCCCC)c(F)c3)s2)cc1. The Labute approximate surface area is 227 Å². The van der Waals surface area contributed by atoms with E-state index < -0.39 is 0 Å². The number of ether oxygens (including phenoxy) is 1. The van der Waals surface area contributed by atoms with E-state index in [4.69, 9.17) is 4.74 Å². The Bertz CT molecular complexity index is 1020. The predicted octanol–water partition coefficient (Wildman–Crippen LogP) is 10.4. The highest BCUT2D eigenvalue weighted by atomic mass is 32.1. The average molecular weight is 525 g/mol. The van der Waals surface area contributed by atoms with E-state index in [-0.39, 0.29) is 5.82 Å². The minimum Gasteiger partial charge on any atom is -0.491 e. The number of halogens is 1. The molecule has 0 N–H and O–H groups in total. The Morgan fingerprint density at radius 1 is 0.649 bits per heavy atom. The number of unbranched alkanes of at least 4 members (excludes halogenated alkanes) is 12. The van der Waals surface area contributed by atoms with Crippen LogP contribution in [0.4, 0.5) is 4.39 Å². The molecule has 0 saturated heterocycles. The zero-order valence-corrected chi connectivity index (χ0v) is 23.8. The molecule has 202 valence electrons. The summed E-state index contributed by atoms with van der Waals surface area (Å²) >= 11 is 1.49. The van der Waals surface area contributed by atoms with E-state index in [0.717, 1.165) is 40.4 Å². The molecule has 3 nitrogen and oxygen atoms in total. The van der Waals surface area contributed by atoms with Gasteiger partial charge in [-0.2, -0.15) is 0 Å². The van der Waals surface area contributed by atoms with Crippen LogP contribution in [0, 0.1) is 5.82 Å². The maximum Gasteiger partial charge on any atom is 0.165 e. The van der Waals surface area contributed by atoms with Gasteiger partial charge < -0.3 is 4.74 Å². The molecule has 3 rings (SSSR count). The smallest absolute Gasteiger partial charge is 0.165 e. The summed E-state index contributed by atoms with van der Waals surface area (Å²) in [5.41, 5.74) is 3.17. The average Bonchev–Trinajstić information content (AvgIpc) is 3.41. The third kappa shape index (κ3) is 10.6. The van der Waals surface area contributed by atoms with Gasteiger partial charge >= 0.3 is 0 Å². The first kappa shape index (κ1) is 29.3. The first-order valence-corrected chi connectivity index (χ1v) is 15.4. The molecule has 1 heterocycles. The number of rotatable bonds is 19. The number of aryl methyl sites for hydroxylation is 1. The Morgan fingerprint density at radius 3 is 1.81 bits per heavy atom. The van der Waals surface area contributed by atoms with Crippen LogP contribution in [-0.4, -0.2) is 16.8 Å². The first-order valence-electron chi connectivity index (χ1n) is 14.6. The van der Waals surface area contributed by atoms with Gasteiger partial charge in [-0.1, -0.05) is 126 Å². The topological polar surface area (TPSA) is 35.0 Å². The largest absolute Gasteiger partial charge is 0.491 e. The highest BCUT2D eigenvalue weighted by Gasteiger charge is 2.12. The predicted molar refractivity (Wildman–Crippen MR) is 156 cm³/mol. The Hall–Kier alpha value is -2.27. The Kier molecular flexibility index (Phi) is 13.7. The van der Waals surface area contributed by atoms with Gasteiger partial charge in [-0.25, -0.2) is 4.39 Å². The van der Waals surface area contributed by atoms with Crippen molar-refractivity contribution in [3.05, 3.63) is 53.8 Å². The molecule has 0 spiro atoms. The number of nitrogens with zero attached hydrogens (tertiary/aromatic N) is 2. The van der Waals surface area contributed by atoms with Gasteiger partial charge in [0, 0.05) is 11.1 Å². The van der Waals surface area contributed by atoms with E-state index >= 15 is 0 Å². The third-order valence-electron chi connectivity index (χ3n) is 6.88. The summed E-state index contributed by atoms with van der Waals surface area (Å²) in [6.45, 7) is 5.04. The van der Waals surface area contributed by atoms with Crippen LogP contribution in [0.2, 0.25) is 0 Å². The fraction of sp³-hybridized carbons (Fsp3) is 0.562. The molecule has 1 aromatic heterocycles. The molecule has 5 heteroatoms. The summed E-state index contributed by atoms with van der Waals surface area (Å²) in [7, 11) is 0. The molecule has 0 amide bonds. The van der Waals surface area contributed by atoms with Crippen molar-refractivity contribution < 1.29 is 9.13 Å². The van der Waals surface area contributed by atoms with Crippen molar-refractivity contribution in [1.29, 1.82) is 0 Å². The van der Waals surface area contributed by atoms with Crippen LogP contribution < -0.4 is 4.74 Å². The lowest BCUT2D eigenvalue weighted by molar-refractivity contribution is 0.290. The molecule has 0 aliphatic rings. The van der Waals surface area contributed by atoms with Gasteiger partial charge in [0.2, 0.25) is 0 Å². The van der Waals surface area contributed by atoms with E-state index in [1.54, 1.807) is 6.07 Å². The molecule has 0 aliphatic heterocycles. The number of hydrogen-bond acceptors (Lipinski definition) is 4. The third-order valence-corrected chi connectivity index (χ3v) is 7.90. The standard InChI is InChI=1S/C32H45FN2OS/c1-3-5-7-9-11-12-13-15-17-26-18-20-27(21-19-26)31-34-35-32(37-31)28-22-23-30(29(33)25-28)36-24-16-14-10-8-6-4-2/h18-23,25H,3-17,24H2,1-2H3. The van der Waals surface area contributed by atoms with Crippen molar-refractivity contribution in [3.8, 4) is 26.9 Å². The first-order chi connectivity index (χ1) is 18.2. The van der Waals surface area contributed by atoms with E-state index in [1.165, 1.54) is 100 Å². The van der Waals surface area contributed by atoms with Crippen LogP contribution in [-0.2, 0) is 6.42 Å². The molecular formula is C32H45FN2OS. The second-order valence-electron chi connectivity index (χ2n) is 10.1. The lowest BCUT2D eigenvalue weighted by atomic mass is 10.0. The quantitative estimate of drug-likeness (QED) is 0.146. The van der Waals surface area contributed by atoms with Gasteiger partial charge in [-0.3, -0.25) is 0 Å². The fourth-order valence-electron chi connectivity index (χ4n) is 4.55. The van der Waals surface area contributed by atoms with Gasteiger partial charge in [-0.15, -0.1) is 10.2 Å². The zero-order chi connectivity index (χ0) is 26.1. The maximum atomic E-state index is 14.6. The van der Waals surface area contributed by atoms with Crippen molar-refractivity contribution in [3.63, 3.8) is 0 Å². The molecule has 2 aromatic carbocycles. The molecule has 0 atom stereocenters. The van der Waals surface area contributed by atoms with E-state index in [2.05, 4.69) is 48.3 Å². The van der Waals surface area contributed by atoms with Crippen LogP contribution in [0.25, 0.3) is 21.1 Å². The molecule has 37 heavy (non-hydrogen) atoms. The van der Waals surface area contributed by atoms with Crippen molar-refractivity contribution in [1.82, 2.24) is 10.2 Å². The summed E-state index contributed by atoms with van der Waals surface area (Å²) < 4.78 is 20.3. The van der Waals surface area contributed by atoms with Crippen LogP contribution in [0.5, 0.6) is 5.75 Å².